The molecule has 4 rings (SSSR count). The number of benzene rings is 1. The highest BCUT2D eigenvalue weighted by Crippen LogP contribution is 2.26. The SMILES string of the molecule is CCn1ncc2c(C(=O)N3CCCN(C(C)=O)CC3)cc(-c3ccccc3)nc21. The van der Waals surface area contributed by atoms with Gasteiger partial charge in [0.15, 0.2) is 5.65 Å². The third kappa shape index (κ3) is 3.72. The maximum Gasteiger partial charge on any atom is 0.254 e. The van der Waals surface area contributed by atoms with Crippen LogP contribution < -0.4 is 0 Å². The molecule has 0 aliphatic carbocycles. The first-order valence-electron chi connectivity index (χ1n) is 10.0. The molecule has 1 aliphatic heterocycles. The lowest BCUT2D eigenvalue weighted by atomic mass is 10.1. The molecule has 2 aromatic heterocycles. The van der Waals surface area contributed by atoms with Crippen molar-refractivity contribution in [1.82, 2.24) is 24.6 Å². The highest BCUT2D eigenvalue weighted by molar-refractivity contribution is 6.06. The van der Waals surface area contributed by atoms with Gasteiger partial charge in [-0.3, -0.25) is 9.59 Å². The number of rotatable bonds is 3. The summed E-state index contributed by atoms with van der Waals surface area (Å²) < 4.78 is 1.82. The van der Waals surface area contributed by atoms with E-state index in [0.717, 1.165) is 28.7 Å². The first-order valence-corrected chi connectivity index (χ1v) is 10.0. The van der Waals surface area contributed by atoms with Gasteiger partial charge in [-0.15, -0.1) is 0 Å². The van der Waals surface area contributed by atoms with Crippen LogP contribution in [-0.4, -0.2) is 62.6 Å². The van der Waals surface area contributed by atoms with E-state index in [1.54, 1.807) is 18.0 Å². The number of nitrogens with zero attached hydrogens (tertiary/aromatic N) is 5. The molecule has 1 aromatic carbocycles. The zero-order valence-corrected chi connectivity index (χ0v) is 16.8. The van der Waals surface area contributed by atoms with E-state index in [2.05, 4.69) is 5.10 Å². The average molecular weight is 391 g/mol. The van der Waals surface area contributed by atoms with Crippen LogP contribution in [0.15, 0.2) is 42.6 Å². The van der Waals surface area contributed by atoms with E-state index in [1.165, 1.54) is 0 Å². The lowest BCUT2D eigenvalue weighted by Gasteiger charge is -2.22. The summed E-state index contributed by atoms with van der Waals surface area (Å²) in [5.74, 6) is 0.0248. The number of hydrogen-bond donors (Lipinski definition) is 0. The average Bonchev–Trinajstić information content (AvgIpc) is 2.99. The van der Waals surface area contributed by atoms with E-state index in [1.807, 2.05) is 52.9 Å². The molecule has 0 N–H and O–H groups in total. The van der Waals surface area contributed by atoms with Gasteiger partial charge in [-0.1, -0.05) is 30.3 Å². The standard InChI is InChI=1S/C22H25N5O2/c1-3-27-21-19(15-23-27)18(14-20(24-21)17-8-5-4-6-9-17)22(29)26-11-7-10-25(12-13-26)16(2)28/h4-6,8-9,14-15H,3,7,10-13H2,1-2H3. The van der Waals surface area contributed by atoms with Crippen molar-refractivity contribution in [2.24, 2.45) is 0 Å². The van der Waals surface area contributed by atoms with Crippen LogP contribution in [0.25, 0.3) is 22.3 Å². The molecular weight excluding hydrogens is 366 g/mol. The third-order valence-corrected chi connectivity index (χ3v) is 5.44. The Labute approximate surface area is 169 Å². The first-order chi connectivity index (χ1) is 14.1. The number of carbonyl (C=O) groups is 2. The lowest BCUT2D eigenvalue weighted by molar-refractivity contribution is -0.128. The molecule has 29 heavy (non-hydrogen) atoms. The zero-order chi connectivity index (χ0) is 20.4. The van der Waals surface area contributed by atoms with Crippen LogP contribution in [0.5, 0.6) is 0 Å². The Morgan fingerprint density at radius 2 is 1.76 bits per heavy atom. The Morgan fingerprint density at radius 3 is 2.48 bits per heavy atom. The minimum atomic E-state index is -0.0318. The molecule has 0 saturated carbocycles. The molecule has 0 spiro atoms. The van der Waals surface area contributed by atoms with Gasteiger partial charge in [0.25, 0.3) is 5.91 Å². The van der Waals surface area contributed by atoms with Crippen LogP contribution in [-0.2, 0) is 11.3 Å². The largest absolute Gasteiger partial charge is 0.341 e. The molecule has 1 aliphatic rings. The van der Waals surface area contributed by atoms with Gasteiger partial charge in [0, 0.05) is 45.2 Å². The number of carbonyl (C=O) groups excluding carboxylic acids is 2. The van der Waals surface area contributed by atoms with Gasteiger partial charge >= 0.3 is 0 Å². The third-order valence-electron chi connectivity index (χ3n) is 5.44. The first kappa shape index (κ1) is 19.1. The molecule has 0 unspecified atom stereocenters. The van der Waals surface area contributed by atoms with Gasteiger partial charge in [0.1, 0.15) is 0 Å². The summed E-state index contributed by atoms with van der Waals surface area (Å²) >= 11 is 0. The summed E-state index contributed by atoms with van der Waals surface area (Å²) in [6, 6.07) is 11.7. The van der Waals surface area contributed by atoms with E-state index in [9.17, 15) is 9.59 Å². The van der Waals surface area contributed by atoms with Crippen molar-refractivity contribution in [2.45, 2.75) is 26.8 Å². The number of amides is 2. The van der Waals surface area contributed by atoms with Gasteiger partial charge in [0.2, 0.25) is 5.91 Å². The maximum absolute atomic E-state index is 13.5. The van der Waals surface area contributed by atoms with Crippen molar-refractivity contribution in [2.75, 3.05) is 26.2 Å². The molecule has 0 bridgehead atoms. The van der Waals surface area contributed by atoms with Crippen molar-refractivity contribution >= 4 is 22.8 Å². The molecule has 3 heterocycles. The van der Waals surface area contributed by atoms with Crippen LogP contribution in [0.2, 0.25) is 0 Å². The Kier molecular flexibility index (Phi) is 5.29. The number of hydrogen-bond acceptors (Lipinski definition) is 4. The van der Waals surface area contributed by atoms with E-state index < -0.39 is 0 Å². The number of aryl methyl sites for hydroxylation is 1. The lowest BCUT2D eigenvalue weighted by Crippen LogP contribution is -2.36. The smallest absolute Gasteiger partial charge is 0.254 e. The predicted octanol–water partition coefficient (Wildman–Crippen LogP) is 2.81. The summed E-state index contributed by atoms with van der Waals surface area (Å²) in [5.41, 5.74) is 3.06. The second-order valence-corrected chi connectivity index (χ2v) is 7.27. The van der Waals surface area contributed by atoms with Crippen LogP contribution in [0.1, 0.15) is 30.6 Å². The molecule has 150 valence electrons. The van der Waals surface area contributed by atoms with Gasteiger partial charge in [0.05, 0.1) is 22.8 Å². The summed E-state index contributed by atoms with van der Waals surface area (Å²) in [4.78, 5) is 33.6. The number of aromatic nitrogens is 3. The quantitative estimate of drug-likeness (QED) is 0.688. The van der Waals surface area contributed by atoms with Gasteiger partial charge < -0.3 is 9.80 Å². The maximum atomic E-state index is 13.5. The molecule has 7 nitrogen and oxygen atoms in total. The molecule has 1 fully saturated rings. The molecule has 0 radical (unpaired) electrons. The molecular formula is C22H25N5O2. The van der Waals surface area contributed by atoms with E-state index >= 15 is 0 Å². The van der Waals surface area contributed by atoms with Crippen molar-refractivity contribution in [3.8, 4) is 11.3 Å². The minimum Gasteiger partial charge on any atom is -0.341 e. The van der Waals surface area contributed by atoms with Crippen molar-refractivity contribution in [1.29, 1.82) is 0 Å². The molecule has 3 aromatic rings. The second-order valence-electron chi connectivity index (χ2n) is 7.27. The molecule has 7 heteroatoms. The fourth-order valence-electron chi connectivity index (χ4n) is 3.82. The van der Waals surface area contributed by atoms with Gasteiger partial charge in [-0.2, -0.15) is 5.10 Å². The fourth-order valence-corrected chi connectivity index (χ4v) is 3.82. The minimum absolute atomic E-state index is 0.0318. The van der Waals surface area contributed by atoms with E-state index in [0.29, 0.717) is 38.3 Å². The number of pyridine rings is 1. The zero-order valence-electron chi connectivity index (χ0n) is 16.8. The monoisotopic (exact) mass is 391 g/mol. The normalized spacial score (nSPS) is 14.8. The molecule has 2 amide bonds. The van der Waals surface area contributed by atoms with Crippen LogP contribution in [0, 0.1) is 0 Å². The van der Waals surface area contributed by atoms with Crippen LogP contribution in [0.4, 0.5) is 0 Å². The van der Waals surface area contributed by atoms with Crippen molar-refractivity contribution in [3.05, 3.63) is 48.2 Å². The van der Waals surface area contributed by atoms with Gasteiger partial charge in [-0.25, -0.2) is 9.67 Å². The Bertz CT molecular complexity index is 1040. The highest BCUT2D eigenvalue weighted by atomic mass is 16.2. The van der Waals surface area contributed by atoms with E-state index in [-0.39, 0.29) is 11.8 Å². The Balaban J connectivity index is 1.75. The Morgan fingerprint density at radius 1 is 1.03 bits per heavy atom. The van der Waals surface area contributed by atoms with Crippen molar-refractivity contribution < 1.29 is 9.59 Å². The Hall–Kier alpha value is -3.22. The highest BCUT2D eigenvalue weighted by Gasteiger charge is 2.24. The summed E-state index contributed by atoms with van der Waals surface area (Å²) in [5, 5.41) is 5.19. The summed E-state index contributed by atoms with van der Waals surface area (Å²) in [7, 11) is 0. The van der Waals surface area contributed by atoms with Crippen LogP contribution in [0.3, 0.4) is 0 Å². The summed E-state index contributed by atoms with van der Waals surface area (Å²) in [6.45, 7) is 6.69. The number of fused-ring (bicyclic) bond motifs is 1. The van der Waals surface area contributed by atoms with Gasteiger partial charge in [-0.05, 0) is 19.4 Å². The second kappa shape index (κ2) is 8.03. The van der Waals surface area contributed by atoms with Crippen molar-refractivity contribution in [3.63, 3.8) is 0 Å². The fraction of sp³-hybridized carbons (Fsp3) is 0.364. The van der Waals surface area contributed by atoms with Crippen LogP contribution >= 0.6 is 0 Å². The topological polar surface area (TPSA) is 71.3 Å². The predicted molar refractivity (Wildman–Crippen MR) is 111 cm³/mol. The van der Waals surface area contributed by atoms with E-state index in [4.69, 9.17) is 4.98 Å². The molecule has 0 atom stereocenters. The molecule has 1 saturated heterocycles. The summed E-state index contributed by atoms with van der Waals surface area (Å²) in [6.07, 6.45) is 2.51.